The largest absolute Gasteiger partial charge is 0.340 e. The Balaban J connectivity index is 1.48. The Morgan fingerprint density at radius 1 is 1.19 bits per heavy atom. The molecule has 1 saturated heterocycles. The highest BCUT2D eigenvalue weighted by atomic mass is 35.5. The quantitative estimate of drug-likeness (QED) is 0.728. The Labute approximate surface area is 166 Å². The van der Waals surface area contributed by atoms with Crippen molar-refractivity contribution in [1.29, 1.82) is 0 Å². The van der Waals surface area contributed by atoms with Crippen LogP contribution in [-0.2, 0) is 6.54 Å². The van der Waals surface area contributed by atoms with E-state index in [4.69, 9.17) is 11.6 Å². The van der Waals surface area contributed by atoms with Gasteiger partial charge in [0.1, 0.15) is 0 Å². The first-order chi connectivity index (χ1) is 13.1. The molecule has 0 atom stereocenters. The summed E-state index contributed by atoms with van der Waals surface area (Å²) < 4.78 is 1.65. The third-order valence-corrected chi connectivity index (χ3v) is 5.43. The zero-order chi connectivity index (χ0) is 19.1. The van der Waals surface area contributed by atoms with Crippen molar-refractivity contribution in [2.24, 2.45) is 0 Å². The van der Waals surface area contributed by atoms with Crippen molar-refractivity contribution in [3.8, 4) is 0 Å². The minimum atomic E-state index is -0.0868. The average molecular weight is 390 g/mol. The molecule has 1 aromatic heterocycles. The van der Waals surface area contributed by atoms with Crippen molar-refractivity contribution < 1.29 is 4.79 Å². The van der Waals surface area contributed by atoms with E-state index in [-0.39, 0.29) is 5.91 Å². The fraction of sp³-hybridized carbons (Fsp3) is 0.550. The molecule has 0 spiro atoms. The summed E-state index contributed by atoms with van der Waals surface area (Å²) in [5.74, 6) is -0.0868. The monoisotopic (exact) mass is 389 g/mol. The fourth-order valence-corrected chi connectivity index (χ4v) is 3.66. The van der Waals surface area contributed by atoms with Crippen LogP contribution >= 0.6 is 11.6 Å². The average Bonchev–Trinajstić information content (AvgIpc) is 2.98. The molecule has 0 saturated carbocycles. The van der Waals surface area contributed by atoms with Gasteiger partial charge in [0.2, 0.25) is 0 Å². The number of hydrogen-bond donors (Lipinski definition) is 0. The van der Waals surface area contributed by atoms with Gasteiger partial charge in [-0.1, -0.05) is 47.9 Å². The van der Waals surface area contributed by atoms with E-state index in [0.717, 1.165) is 25.1 Å². The topological polar surface area (TPSA) is 54.3 Å². The van der Waals surface area contributed by atoms with Crippen molar-refractivity contribution in [3.05, 3.63) is 46.7 Å². The van der Waals surface area contributed by atoms with Crippen molar-refractivity contribution in [2.45, 2.75) is 38.6 Å². The summed E-state index contributed by atoms with van der Waals surface area (Å²) >= 11 is 6.18. The van der Waals surface area contributed by atoms with E-state index >= 15 is 0 Å². The number of amides is 1. The van der Waals surface area contributed by atoms with Crippen LogP contribution in [-0.4, -0.2) is 63.9 Å². The maximum Gasteiger partial charge on any atom is 0.275 e. The maximum absolute atomic E-state index is 12.6. The van der Waals surface area contributed by atoms with Gasteiger partial charge < -0.3 is 9.80 Å². The normalized spacial score (nSPS) is 15.5. The molecule has 1 fully saturated rings. The molecule has 1 amide bonds. The molecule has 0 radical (unpaired) electrons. The first-order valence-electron chi connectivity index (χ1n) is 9.75. The fourth-order valence-electron chi connectivity index (χ4n) is 3.46. The summed E-state index contributed by atoms with van der Waals surface area (Å²) in [6, 6.07) is 7.61. The van der Waals surface area contributed by atoms with Crippen LogP contribution in [0.2, 0.25) is 5.02 Å². The van der Waals surface area contributed by atoms with Crippen LogP contribution in [0, 0.1) is 0 Å². The molecule has 0 unspecified atom stereocenters. The number of carbonyl (C=O) groups excluding carboxylic acids is 1. The Morgan fingerprint density at radius 3 is 2.67 bits per heavy atom. The number of halogens is 1. The zero-order valence-corrected chi connectivity index (χ0v) is 16.7. The highest BCUT2D eigenvalue weighted by Gasteiger charge is 2.16. The van der Waals surface area contributed by atoms with E-state index < -0.39 is 0 Å². The van der Waals surface area contributed by atoms with Crippen LogP contribution in [0.1, 0.15) is 48.2 Å². The summed E-state index contributed by atoms with van der Waals surface area (Å²) in [6.45, 7) is 4.66. The van der Waals surface area contributed by atoms with Gasteiger partial charge in [-0.2, -0.15) is 0 Å². The summed E-state index contributed by atoms with van der Waals surface area (Å²) in [4.78, 5) is 16.8. The molecule has 1 aromatic carbocycles. The van der Waals surface area contributed by atoms with E-state index in [0.29, 0.717) is 17.3 Å². The highest BCUT2D eigenvalue weighted by molar-refractivity contribution is 6.31. The van der Waals surface area contributed by atoms with Gasteiger partial charge in [-0.05, 0) is 50.5 Å². The predicted molar refractivity (Wildman–Crippen MR) is 107 cm³/mol. The summed E-state index contributed by atoms with van der Waals surface area (Å²) in [5, 5.41) is 8.80. The van der Waals surface area contributed by atoms with Gasteiger partial charge in [0.25, 0.3) is 5.91 Å². The number of hydrogen-bond acceptors (Lipinski definition) is 4. The molecule has 7 heteroatoms. The second kappa shape index (κ2) is 9.85. The third kappa shape index (κ3) is 5.78. The lowest BCUT2D eigenvalue weighted by Gasteiger charge is -2.22. The van der Waals surface area contributed by atoms with E-state index in [1.807, 2.05) is 31.3 Å². The van der Waals surface area contributed by atoms with Crippen LogP contribution in [0.15, 0.2) is 30.5 Å². The van der Waals surface area contributed by atoms with E-state index in [2.05, 4.69) is 15.2 Å². The number of likely N-dealkylation sites (tertiary alicyclic amines) is 1. The number of rotatable bonds is 7. The van der Waals surface area contributed by atoms with Gasteiger partial charge in [-0.15, -0.1) is 5.10 Å². The van der Waals surface area contributed by atoms with Gasteiger partial charge >= 0.3 is 0 Å². The van der Waals surface area contributed by atoms with Gasteiger partial charge in [-0.3, -0.25) is 4.79 Å². The SMILES string of the molecule is CN(CCCN1CCCCCC1)C(=O)c1cn(Cc2ccccc2Cl)nn1. The van der Waals surface area contributed by atoms with Crippen LogP contribution in [0.5, 0.6) is 0 Å². The minimum Gasteiger partial charge on any atom is -0.340 e. The number of nitrogens with zero attached hydrogens (tertiary/aromatic N) is 5. The molecule has 6 nitrogen and oxygen atoms in total. The summed E-state index contributed by atoms with van der Waals surface area (Å²) in [7, 11) is 1.83. The Hall–Kier alpha value is -1.92. The summed E-state index contributed by atoms with van der Waals surface area (Å²) in [5.41, 5.74) is 1.33. The highest BCUT2D eigenvalue weighted by Crippen LogP contribution is 2.16. The van der Waals surface area contributed by atoms with Gasteiger partial charge in [0.05, 0.1) is 12.7 Å². The minimum absolute atomic E-state index is 0.0868. The molecule has 0 aliphatic carbocycles. The Bertz CT molecular complexity index is 739. The number of aromatic nitrogens is 3. The standard InChI is InChI=1S/C20H28ClN5O/c1-24(11-8-14-25-12-6-2-3-7-13-25)20(27)19-16-26(23-22-19)15-17-9-4-5-10-18(17)21/h4-5,9-10,16H,2-3,6-8,11-15H2,1H3. The van der Waals surface area contributed by atoms with Crippen LogP contribution in [0.25, 0.3) is 0 Å². The van der Waals surface area contributed by atoms with Gasteiger partial charge in [0.15, 0.2) is 5.69 Å². The Kier molecular flexibility index (Phi) is 7.24. The van der Waals surface area contributed by atoms with Crippen LogP contribution < -0.4 is 0 Å². The van der Waals surface area contributed by atoms with Crippen molar-refractivity contribution in [1.82, 2.24) is 24.8 Å². The zero-order valence-electron chi connectivity index (χ0n) is 16.0. The van der Waals surface area contributed by atoms with Crippen molar-refractivity contribution in [3.63, 3.8) is 0 Å². The van der Waals surface area contributed by atoms with Crippen molar-refractivity contribution >= 4 is 17.5 Å². The Morgan fingerprint density at radius 2 is 1.93 bits per heavy atom. The number of benzene rings is 1. The van der Waals surface area contributed by atoms with E-state index in [1.54, 1.807) is 15.8 Å². The first-order valence-corrected chi connectivity index (χ1v) is 10.1. The van der Waals surface area contributed by atoms with Crippen LogP contribution in [0.3, 0.4) is 0 Å². The molecule has 27 heavy (non-hydrogen) atoms. The lowest BCUT2D eigenvalue weighted by molar-refractivity contribution is 0.0782. The molecular formula is C20H28ClN5O. The first kappa shape index (κ1) is 19.8. The van der Waals surface area contributed by atoms with E-state index in [9.17, 15) is 4.79 Å². The van der Waals surface area contributed by atoms with Gasteiger partial charge in [0, 0.05) is 18.6 Å². The smallest absolute Gasteiger partial charge is 0.275 e. The maximum atomic E-state index is 12.6. The molecule has 3 rings (SSSR count). The van der Waals surface area contributed by atoms with Crippen molar-refractivity contribution in [2.75, 3.05) is 33.2 Å². The van der Waals surface area contributed by atoms with Gasteiger partial charge in [-0.25, -0.2) is 4.68 Å². The second-order valence-electron chi connectivity index (χ2n) is 7.23. The summed E-state index contributed by atoms with van der Waals surface area (Å²) in [6.07, 6.45) is 7.96. The molecule has 1 aliphatic heterocycles. The lowest BCUT2D eigenvalue weighted by Crippen LogP contribution is -2.32. The molecule has 0 N–H and O–H groups in total. The number of carbonyl (C=O) groups is 1. The van der Waals surface area contributed by atoms with E-state index in [1.165, 1.54) is 38.8 Å². The molecule has 0 bridgehead atoms. The molecule has 146 valence electrons. The second-order valence-corrected chi connectivity index (χ2v) is 7.64. The lowest BCUT2D eigenvalue weighted by atomic mass is 10.2. The molecule has 2 aromatic rings. The molecule has 1 aliphatic rings. The molecular weight excluding hydrogens is 362 g/mol. The van der Waals surface area contributed by atoms with Crippen LogP contribution in [0.4, 0.5) is 0 Å². The predicted octanol–water partition coefficient (Wildman–Crippen LogP) is 3.32. The third-order valence-electron chi connectivity index (χ3n) is 5.06. The molecule has 2 heterocycles.